The number of carbonyl (C=O) groups is 1. The molecule has 5 nitrogen and oxygen atoms in total. The van der Waals surface area contributed by atoms with Crippen LogP contribution >= 0.6 is 0 Å². The molecule has 5 heteroatoms. The minimum Gasteiger partial charge on any atom is -0.508 e. The van der Waals surface area contributed by atoms with Gasteiger partial charge in [-0.1, -0.05) is 12.1 Å². The molecule has 1 aliphatic heterocycles. The molecule has 4 N–H and O–H groups in total. The molecule has 0 aromatic heterocycles. The largest absolute Gasteiger partial charge is 0.508 e. The molecule has 1 aliphatic rings. The number of hydrogen-bond acceptors (Lipinski definition) is 4. The smallest absolute Gasteiger partial charge is 0.237 e. The number of benzene rings is 1. The summed E-state index contributed by atoms with van der Waals surface area (Å²) in [7, 11) is 0. The van der Waals surface area contributed by atoms with Crippen LogP contribution in [-0.2, 0) is 11.2 Å². The third-order valence-corrected chi connectivity index (χ3v) is 3.88. The van der Waals surface area contributed by atoms with Gasteiger partial charge < -0.3 is 21.1 Å². The Balaban J connectivity index is 1.63. The Morgan fingerprint density at radius 3 is 2.62 bits per heavy atom. The summed E-state index contributed by atoms with van der Waals surface area (Å²) in [5, 5.41) is 12.1. The van der Waals surface area contributed by atoms with Crippen molar-refractivity contribution in [1.29, 1.82) is 0 Å². The number of nitrogens with zero attached hydrogens (tertiary/aromatic N) is 1. The van der Waals surface area contributed by atoms with E-state index in [1.807, 2.05) is 0 Å². The number of phenolic OH excluding ortho intramolecular Hbond substituents is 1. The van der Waals surface area contributed by atoms with Crippen LogP contribution in [0.1, 0.15) is 24.8 Å². The Morgan fingerprint density at radius 2 is 1.95 bits per heavy atom. The zero-order valence-corrected chi connectivity index (χ0v) is 12.4. The Hall–Kier alpha value is -1.59. The summed E-state index contributed by atoms with van der Waals surface area (Å²) in [6.45, 7) is 4.11. The number of phenols is 1. The zero-order valence-electron chi connectivity index (χ0n) is 12.4. The molecular weight excluding hydrogens is 266 g/mol. The van der Waals surface area contributed by atoms with E-state index in [4.69, 9.17) is 5.73 Å². The maximum atomic E-state index is 11.9. The summed E-state index contributed by atoms with van der Waals surface area (Å²) in [6, 6.07) is 6.25. The molecule has 1 heterocycles. The van der Waals surface area contributed by atoms with Crippen LogP contribution in [0.2, 0.25) is 0 Å². The summed E-state index contributed by atoms with van der Waals surface area (Å²) in [6.07, 6.45) is 4.05. The Bertz CT molecular complexity index is 441. The number of nitrogens with one attached hydrogen (secondary N) is 1. The molecular formula is C16H25N3O2. The van der Waals surface area contributed by atoms with Crippen LogP contribution in [-0.4, -0.2) is 48.1 Å². The Kier molecular flexibility index (Phi) is 6.02. The van der Waals surface area contributed by atoms with Crippen molar-refractivity contribution in [3.63, 3.8) is 0 Å². The number of hydrogen-bond donors (Lipinski definition) is 3. The fourth-order valence-corrected chi connectivity index (χ4v) is 2.63. The molecule has 1 fully saturated rings. The third kappa shape index (κ3) is 5.36. The van der Waals surface area contributed by atoms with E-state index in [-0.39, 0.29) is 11.7 Å². The van der Waals surface area contributed by atoms with E-state index in [9.17, 15) is 9.90 Å². The van der Waals surface area contributed by atoms with E-state index in [2.05, 4.69) is 10.2 Å². The molecule has 0 bridgehead atoms. The van der Waals surface area contributed by atoms with E-state index in [1.165, 1.54) is 25.9 Å². The second kappa shape index (κ2) is 8.00. The monoisotopic (exact) mass is 291 g/mol. The lowest BCUT2D eigenvalue weighted by atomic mass is 10.1. The maximum Gasteiger partial charge on any atom is 0.237 e. The quantitative estimate of drug-likeness (QED) is 0.651. The second-order valence-corrected chi connectivity index (χ2v) is 5.67. The average Bonchev–Trinajstić information content (AvgIpc) is 2.99. The van der Waals surface area contributed by atoms with Crippen molar-refractivity contribution < 1.29 is 9.90 Å². The summed E-state index contributed by atoms with van der Waals surface area (Å²) >= 11 is 0. The van der Waals surface area contributed by atoms with Crippen molar-refractivity contribution in [2.45, 2.75) is 31.7 Å². The van der Waals surface area contributed by atoms with Crippen LogP contribution in [0.15, 0.2) is 24.3 Å². The van der Waals surface area contributed by atoms with Crippen LogP contribution in [0, 0.1) is 0 Å². The predicted molar refractivity (Wildman–Crippen MR) is 83.1 cm³/mol. The van der Waals surface area contributed by atoms with E-state index in [0.29, 0.717) is 13.0 Å². The lowest BCUT2D eigenvalue weighted by molar-refractivity contribution is -0.122. The molecule has 0 aliphatic carbocycles. The van der Waals surface area contributed by atoms with Crippen molar-refractivity contribution in [1.82, 2.24) is 10.2 Å². The fraction of sp³-hybridized carbons (Fsp3) is 0.562. The molecule has 1 aromatic rings. The van der Waals surface area contributed by atoms with Crippen LogP contribution in [0.25, 0.3) is 0 Å². The van der Waals surface area contributed by atoms with Gasteiger partial charge in [0.2, 0.25) is 5.91 Å². The Labute approximate surface area is 126 Å². The number of nitrogens with two attached hydrogens (primary N) is 1. The van der Waals surface area contributed by atoms with Gasteiger partial charge in [-0.2, -0.15) is 0 Å². The molecule has 21 heavy (non-hydrogen) atoms. The van der Waals surface area contributed by atoms with Gasteiger partial charge in [0.15, 0.2) is 0 Å². The molecule has 0 saturated carbocycles. The van der Waals surface area contributed by atoms with Gasteiger partial charge in [0.25, 0.3) is 0 Å². The van der Waals surface area contributed by atoms with Gasteiger partial charge in [-0.3, -0.25) is 4.79 Å². The van der Waals surface area contributed by atoms with Crippen molar-refractivity contribution in [2.24, 2.45) is 5.73 Å². The minimum atomic E-state index is -0.540. The molecule has 1 atom stereocenters. The zero-order chi connectivity index (χ0) is 15.1. The molecule has 0 unspecified atom stereocenters. The maximum absolute atomic E-state index is 11.9. The van der Waals surface area contributed by atoms with Crippen molar-refractivity contribution in [3.05, 3.63) is 29.8 Å². The van der Waals surface area contributed by atoms with Gasteiger partial charge in [0.05, 0.1) is 6.04 Å². The van der Waals surface area contributed by atoms with Crippen LogP contribution in [0.5, 0.6) is 5.75 Å². The number of amides is 1. The highest BCUT2D eigenvalue weighted by atomic mass is 16.3. The Morgan fingerprint density at radius 1 is 1.29 bits per heavy atom. The third-order valence-electron chi connectivity index (χ3n) is 3.88. The minimum absolute atomic E-state index is 0.107. The van der Waals surface area contributed by atoms with E-state index >= 15 is 0 Å². The van der Waals surface area contributed by atoms with Gasteiger partial charge in [0.1, 0.15) is 5.75 Å². The highest BCUT2D eigenvalue weighted by Gasteiger charge is 2.14. The summed E-state index contributed by atoms with van der Waals surface area (Å²) in [5.41, 5.74) is 6.86. The average molecular weight is 291 g/mol. The van der Waals surface area contributed by atoms with Crippen LogP contribution in [0.4, 0.5) is 0 Å². The molecule has 1 amide bonds. The molecule has 0 radical (unpaired) electrons. The molecule has 2 rings (SSSR count). The highest BCUT2D eigenvalue weighted by molar-refractivity contribution is 5.81. The second-order valence-electron chi connectivity index (χ2n) is 5.67. The van der Waals surface area contributed by atoms with Crippen molar-refractivity contribution in [3.8, 4) is 5.75 Å². The van der Waals surface area contributed by atoms with E-state index in [0.717, 1.165) is 18.5 Å². The number of aromatic hydroxyl groups is 1. The predicted octanol–water partition coefficient (Wildman–Crippen LogP) is 0.864. The van der Waals surface area contributed by atoms with E-state index in [1.54, 1.807) is 24.3 Å². The number of likely N-dealkylation sites (tertiary alicyclic amines) is 1. The lowest BCUT2D eigenvalue weighted by Gasteiger charge is -2.16. The summed E-state index contributed by atoms with van der Waals surface area (Å²) < 4.78 is 0. The first-order valence-electron chi connectivity index (χ1n) is 7.69. The first-order valence-corrected chi connectivity index (χ1v) is 7.69. The van der Waals surface area contributed by atoms with Crippen molar-refractivity contribution in [2.75, 3.05) is 26.2 Å². The van der Waals surface area contributed by atoms with Gasteiger partial charge in [0, 0.05) is 6.54 Å². The summed E-state index contributed by atoms with van der Waals surface area (Å²) in [4.78, 5) is 14.3. The van der Waals surface area contributed by atoms with Gasteiger partial charge in [-0.25, -0.2) is 0 Å². The molecule has 116 valence electrons. The lowest BCUT2D eigenvalue weighted by Crippen LogP contribution is -2.42. The normalized spacial score (nSPS) is 16.8. The van der Waals surface area contributed by atoms with Crippen LogP contribution in [0.3, 0.4) is 0 Å². The van der Waals surface area contributed by atoms with Crippen molar-refractivity contribution >= 4 is 5.91 Å². The SMILES string of the molecule is N[C@@H](Cc1ccc(O)cc1)C(=O)NCCCN1CCCC1. The first kappa shape index (κ1) is 15.8. The summed E-state index contributed by atoms with van der Waals surface area (Å²) in [5.74, 6) is 0.114. The standard InChI is InChI=1S/C16H25N3O2/c17-15(12-13-4-6-14(20)7-5-13)16(21)18-8-3-11-19-9-1-2-10-19/h4-7,15,20H,1-3,8-12,17H2,(H,18,21)/t15-/m0/s1. The first-order chi connectivity index (χ1) is 10.1. The molecule has 0 spiro atoms. The topological polar surface area (TPSA) is 78.6 Å². The molecule has 1 saturated heterocycles. The van der Waals surface area contributed by atoms with Gasteiger partial charge >= 0.3 is 0 Å². The molecule has 1 aromatic carbocycles. The number of rotatable bonds is 7. The van der Waals surface area contributed by atoms with Gasteiger partial charge in [-0.05, 0) is 63.0 Å². The van der Waals surface area contributed by atoms with E-state index < -0.39 is 6.04 Å². The number of carbonyl (C=O) groups excluding carboxylic acids is 1. The van der Waals surface area contributed by atoms with Crippen LogP contribution < -0.4 is 11.1 Å². The fourth-order valence-electron chi connectivity index (χ4n) is 2.63. The highest BCUT2D eigenvalue weighted by Crippen LogP contribution is 2.11. The van der Waals surface area contributed by atoms with Gasteiger partial charge in [-0.15, -0.1) is 0 Å².